The van der Waals surface area contributed by atoms with Gasteiger partial charge in [0.1, 0.15) is 0 Å². The number of methoxy groups -OCH3 is 1. The Morgan fingerprint density at radius 2 is 2.14 bits per heavy atom. The van der Waals surface area contributed by atoms with Crippen molar-refractivity contribution in [3.05, 3.63) is 29.8 Å². The molecule has 1 atom stereocenters. The lowest BCUT2D eigenvalue weighted by Gasteiger charge is -2.13. The normalized spacial score (nSPS) is 19.6. The van der Waals surface area contributed by atoms with Crippen LogP contribution in [-0.2, 0) is 14.8 Å². The van der Waals surface area contributed by atoms with Gasteiger partial charge in [0.05, 0.1) is 17.6 Å². The molecule has 0 saturated carbocycles. The minimum absolute atomic E-state index is 0.0387. The van der Waals surface area contributed by atoms with Crippen LogP contribution in [0.15, 0.2) is 29.2 Å². The van der Waals surface area contributed by atoms with Gasteiger partial charge in [-0.3, -0.25) is 0 Å². The molecule has 1 aromatic carbocycles. The molecule has 1 saturated heterocycles. The quantitative estimate of drug-likeness (QED) is 0.810. The van der Waals surface area contributed by atoms with Crippen molar-refractivity contribution in [3.8, 4) is 0 Å². The van der Waals surface area contributed by atoms with Crippen LogP contribution in [0.5, 0.6) is 0 Å². The van der Waals surface area contributed by atoms with Crippen molar-refractivity contribution >= 4 is 16.0 Å². The van der Waals surface area contributed by atoms with Gasteiger partial charge in [-0.15, -0.1) is 0 Å². The fourth-order valence-electron chi connectivity index (χ4n) is 2.48. The summed E-state index contributed by atoms with van der Waals surface area (Å²) in [5.41, 5.74) is 0.0519. The fourth-order valence-corrected chi connectivity index (χ4v) is 3.79. The van der Waals surface area contributed by atoms with E-state index in [2.05, 4.69) is 14.4 Å². The fraction of sp³-hybridized carbons (Fsp3) is 0.500. The van der Waals surface area contributed by atoms with E-state index in [1.807, 2.05) is 7.05 Å². The van der Waals surface area contributed by atoms with Gasteiger partial charge in [0.25, 0.3) is 0 Å². The Bertz CT molecular complexity index is 615. The molecular weight excluding hydrogens is 292 g/mol. The van der Waals surface area contributed by atoms with Crippen molar-refractivity contribution in [2.75, 3.05) is 33.8 Å². The van der Waals surface area contributed by atoms with Gasteiger partial charge in [0.15, 0.2) is 0 Å². The summed E-state index contributed by atoms with van der Waals surface area (Å²) in [6.07, 6.45) is 0.970. The number of nitrogens with zero attached hydrogens (tertiary/aromatic N) is 1. The molecule has 0 spiro atoms. The van der Waals surface area contributed by atoms with E-state index in [1.54, 1.807) is 12.1 Å². The highest BCUT2D eigenvalue weighted by atomic mass is 32.2. The molecule has 1 aliphatic heterocycles. The zero-order chi connectivity index (χ0) is 15.5. The smallest absolute Gasteiger partial charge is 0.339 e. The van der Waals surface area contributed by atoms with Crippen molar-refractivity contribution < 1.29 is 17.9 Å². The molecule has 0 bridgehead atoms. The number of carbonyl (C=O) groups is 1. The Labute approximate surface area is 125 Å². The summed E-state index contributed by atoms with van der Waals surface area (Å²) >= 11 is 0. The van der Waals surface area contributed by atoms with Crippen LogP contribution in [0.25, 0.3) is 0 Å². The van der Waals surface area contributed by atoms with Gasteiger partial charge in [-0.2, -0.15) is 0 Å². The number of esters is 1. The van der Waals surface area contributed by atoms with Crippen LogP contribution in [-0.4, -0.2) is 53.1 Å². The Balaban J connectivity index is 2.14. The molecule has 2 rings (SSSR count). The maximum absolute atomic E-state index is 12.4. The van der Waals surface area contributed by atoms with E-state index < -0.39 is 16.0 Å². The minimum atomic E-state index is -3.72. The molecular formula is C14H20N2O4S. The SMILES string of the molecule is COC(=O)c1ccccc1S(=O)(=O)NCC1CCN(C)C1. The summed E-state index contributed by atoms with van der Waals surface area (Å²) in [4.78, 5) is 13.8. The highest BCUT2D eigenvalue weighted by Gasteiger charge is 2.25. The van der Waals surface area contributed by atoms with Gasteiger partial charge in [-0.05, 0) is 38.1 Å². The molecule has 6 nitrogen and oxygen atoms in total. The Hall–Kier alpha value is -1.44. The third-order valence-electron chi connectivity index (χ3n) is 3.63. The van der Waals surface area contributed by atoms with Crippen molar-refractivity contribution in [2.24, 2.45) is 5.92 Å². The van der Waals surface area contributed by atoms with E-state index in [0.29, 0.717) is 12.5 Å². The third kappa shape index (κ3) is 3.81. The molecule has 7 heteroatoms. The first-order chi connectivity index (χ1) is 9.94. The summed E-state index contributed by atoms with van der Waals surface area (Å²) < 4.78 is 32.0. The van der Waals surface area contributed by atoms with E-state index >= 15 is 0 Å². The predicted molar refractivity (Wildman–Crippen MR) is 78.6 cm³/mol. The lowest BCUT2D eigenvalue weighted by molar-refractivity contribution is 0.0596. The van der Waals surface area contributed by atoms with Crippen LogP contribution in [0.4, 0.5) is 0 Å². The highest BCUT2D eigenvalue weighted by molar-refractivity contribution is 7.89. The van der Waals surface area contributed by atoms with Crippen molar-refractivity contribution in [2.45, 2.75) is 11.3 Å². The highest BCUT2D eigenvalue weighted by Crippen LogP contribution is 2.18. The van der Waals surface area contributed by atoms with E-state index in [9.17, 15) is 13.2 Å². The zero-order valence-electron chi connectivity index (χ0n) is 12.2. The van der Waals surface area contributed by atoms with Crippen molar-refractivity contribution in [3.63, 3.8) is 0 Å². The number of carbonyl (C=O) groups excluding carboxylic acids is 1. The second kappa shape index (κ2) is 6.55. The Morgan fingerprint density at radius 1 is 1.43 bits per heavy atom. The number of benzene rings is 1. The molecule has 1 aromatic rings. The van der Waals surface area contributed by atoms with Gasteiger partial charge in [-0.1, -0.05) is 12.1 Å². The second-order valence-electron chi connectivity index (χ2n) is 5.26. The van der Waals surface area contributed by atoms with Crippen LogP contribution in [0.1, 0.15) is 16.8 Å². The molecule has 1 aliphatic rings. The van der Waals surface area contributed by atoms with Gasteiger partial charge in [0, 0.05) is 13.1 Å². The molecule has 0 aromatic heterocycles. The number of sulfonamides is 1. The molecule has 1 fully saturated rings. The van der Waals surface area contributed by atoms with Crippen LogP contribution >= 0.6 is 0 Å². The topological polar surface area (TPSA) is 75.7 Å². The summed E-state index contributed by atoms with van der Waals surface area (Å²) in [6.45, 7) is 2.23. The van der Waals surface area contributed by atoms with Crippen LogP contribution in [0, 0.1) is 5.92 Å². The minimum Gasteiger partial charge on any atom is -0.465 e. The maximum atomic E-state index is 12.4. The number of rotatable bonds is 5. The number of nitrogens with one attached hydrogen (secondary N) is 1. The number of hydrogen-bond donors (Lipinski definition) is 1. The third-order valence-corrected chi connectivity index (χ3v) is 5.11. The first-order valence-electron chi connectivity index (χ1n) is 6.79. The number of likely N-dealkylation sites (tertiary alicyclic amines) is 1. The second-order valence-corrected chi connectivity index (χ2v) is 6.99. The standard InChI is InChI=1S/C14H20N2O4S/c1-16-8-7-11(10-16)9-15-21(18,19)13-6-4-3-5-12(13)14(17)20-2/h3-6,11,15H,7-10H2,1-2H3. The summed E-state index contributed by atoms with van der Waals surface area (Å²) in [5, 5.41) is 0. The van der Waals surface area contributed by atoms with Gasteiger partial charge in [-0.25, -0.2) is 17.9 Å². The Kier molecular flexibility index (Phi) is 4.97. The largest absolute Gasteiger partial charge is 0.465 e. The Morgan fingerprint density at radius 3 is 2.76 bits per heavy atom. The predicted octanol–water partition coefficient (Wildman–Crippen LogP) is 0.703. The monoisotopic (exact) mass is 312 g/mol. The summed E-state index contributed by atoms with van der Waals surface area (Å²) in [6, 6.07) is 6.06. The summed E-state index contributed by atoms with van der Waals surface area (Å²) in [5.74, 6) is -0.355. The first kappa shape index (κ1) is 15.9. The molecule has 1 unspecified atom stereocenters. The lowest BCUT2D eigenvalue weighted by Crippen LogP contribution is -2.31. The molecule has 116 valence electrons. The molecule has 0 amide bonds. The van der Waals surface area contributed by atoms with Gasteiger partial charge in [0.2, 0.25) is 10.0 Å². The zero-order valence-corrected chi connectivity index (χ0v) is 13.0. The number of ether oxygens (including phenoxy) is 1. The molecule has 0 aliphatic carbocycles. The van der Waals surface area contributed by atoms with E-state index in [1.165, 1.54) is 19.2 Å². The molecule has 1 N–H and O–H groups in total. The number of hydrogen-bond acceptors (Lipinski definition) is 5. The van der Waals surface area contributed by atoms with Crippen molar-refractivity contribution in [1.29, 1.82) is 0 Å². The van der Waals surface area contributed by atoms with E-state index in [-0.39, 0.29) is 10.5 Å². The van der Waals surface area contributed by atoms with Crippen LogP contribution in [0.3, 0.4) is 0 Å². The molecule has 0 radical (unpaired) electrons. The van der Waals surface area contributed by atoms with E-state index in [4.69, 9.17) is 0 Å². The lowest BCUT2D eigenvalue weighted by atomic mass is 10.1. The first-order valence-corrected chi connectivity index (χ1v) is 8.28. The molecule has 1 heterocycles. The molecule has 21 heavy (non-hydrogen) atoms. The maximum Gasteiger partial charge on any atom is 0.339 e. The summed E-state index contributed by atoms with van der Waals surface area (Å²) in [7, 11) is -0.476. The average Bonchev–Trinajstić information content (AvgIpc) is 2.90. The van der Waals surface area contributed by atoms with Gasteiger partial charge < -0.3 is 9.64 Å². The van der Waals surface area contributed by atoms with Crippen LogP contribution < -0.4 is 4.72 Å². The van der Waals surface area contributed by atoms with Crippen LogP contribution in [0.2, 0.25) is 0 Å². The van der Waals surface area contributed by atoms with E-state index in [0.717, 1.165) is 19.5 Å². The average molecular weight is 312 g/mol. The van der Waals surface area contributed by atoms with Crippen molar-refractivity contribution in [1.82, 2.24) is 9.62 Å². The van der Waals surface area contributed by atoms with Gasteiger partial charge >= 0.3 is 5.97 Å².